The second-order valence-corrected chi connectivity index (χ2v) is 6.93. The molecule has 0 radical (unpaired) electrons. The minimum Gasteiger partial charge on any atom is -0.545 e. The van der Waals surface area contributed by atoms with Crippen molar-refractivity contribution in [1.82, 2.24) is 4.98 Å². The lowest BCUT2D eigenvalue weighted by molar-refractivity contribution is -0.254. The highest BCUT2D eigenvalue weighted by Gasteiger charge is 2.21. The largest absolute Gasteiger partial charge is 0.545 e. The number of nitrogens with one attached hydrogen (secondary N) is 1. The molecule has 1 aliphatic carbocycles. The Kier molecular flexibility index (Phi) is 3.65. The SMILES string of the molecule is Nc1c(C(=O)Nc2ccccc2C(=O)[O-])sc2nc3c(cc12)CCC3. The van der Waals surface area contributed by atoms with Crippen LogP contribution in [0.2, 0.25) is 0 Å². The number of pyridine rings is 1. The fourth-order valence-electron chi connectivity index (χ4n) is 3.12. The van der Waals surface area contributed by atoms with E-state index >= 15 is 0 Å². The van der Waals surface area contributed by atoms with E-state index < -0.39 is 11.9 Å². The minimum absolute atomic E-state index is 0.0763. The number of nitrogens with two attached hydrogens (primary N) is 1. The van der Waals surface area contributed by atoms with Crippen LogP contribution in [-0.4, -0.2) is 16.9 Å². The molecule has 0 bridgehead atoms. The lowest BCUT2D eigenvalue weighted by Gasteiger charge is -2.11. The van der Waals surface area contributed by atoms with Crippen LogP contribution < -0.4 is 16.2 Å². The van der Waals surface area contributed by atoms with Gasteiger partial charge in [0.1, 0.15) is 9.71 Å². The number of nitrogens with zero attached hydrogens (tertiary/aromatic N) is 1. The number of hydrogen-bond donors (Lipinski definition) is 2. The number of carbonyl (C=O) groups is 2. The lowest BCUT2D eigenvalue weighted by atomic mass is 10.1. The minimum atomic E-state index is -1.35. The molecule has 0 spiro atoms. The first kappa shape index (κ1) is 15.6. The molecule has 1 aromatic carbocycles. The number of amides is 1. The Labute approximate surface area is 147 Å². The number of carbonyl (C=O) groups excluding carboxylic acids is 2. The summed E-state index contributed by atoms with van der Waals surface area (Å²) < 4.78 is 0. The van der Waals surface area contributed by atoms with Gasteiger partial charge >= 0.3 is 0 Å². The number of carboxylic acids is 1. The van der Waals surface area contributed by atoms with Gasteiger partial charge in [0.25, 0.3) is 5.91 Å². The van der Waals surface area contributed by atoms with Gasteiger partial charge in [-0.15, -0.1) is 11.3 Å². The summed E-state index contributed by atoms with van der Waals surface area (Å²) in [6.45, 7) is 0. The molecule has 0 saturated heterocycles. The van der Waals surface area contributed by atoms with E-state index in [2.05, 4.69) is 10.3 Å². The number of anilines is 2. The van der Waals surface area contributed by atoms with Crippen LogP contribution in [0, 0.1) is 0 Å². The molecule has 0 unspecified atom stereocenters. The molecule has 25 heavy (non-hydrogen) atoms. The Bertz CT molecular complexity index is 1030. The molecule has 1 amide bonds. The Balaban J connectivity index is 1.71. The van der Waals surface area contributed by atoms with Crippen LogP contribution in [0.15, 0.2) is 30.3 Å². The van der Waals surface area contributed by atoms with Gasteiger partial charge in [-0.2, -0.15) is 0 Å². The van der Waals surface area contributed by atoms with Crippen LogP contribution in [-0.2, 0) is 12.8 Å². The maximum absolute atomic E-state index is 12.6. The lowest BCUT2D eigenvalue weighted by Crippen LogP contribution is -2.24. The first-order chi connectivity index (χ1) is 12.0. The van der Waals surface area contributed by atoms with Crippen molar-refractivity contribution in [2.45, 2.75) is 19.3 Å². The molecular weight excluding hydrogens is 338 g/mol. The predicted octanol–water partition coefficient (Wildman–Crippen LogP) is 1.98. The number of carboxylic acid groups (broad SMARTS) is 1. The van der Waals surface area contributed by atoms with Crippen molar-refractivity contribution in [3.05, 3.63) is 52.0 Å². The zero-order valence-electron chi connectivity index (χ0n) is 13.2. The first-order valence-electron chi connectivity index (χ1n) is 7.87. The Morgan fingerprint density at radius 1 is 1.24 bits per heavy atom. The van der Waals surface area contributed by atoms with E-state index in [4.69, 9.17) is 5.73 Å². The molecule has 0 saturated carbocycles. The molecule has 7 heteroatoms. The number of aromatic carboxylic acids is 1. The molecule has 2 heterocycles. The topological polar surface area (TPSA) is 108 Å². The third kappa shape index (κ3) is 2.62. The monoisotopic (exact) mass is 352 g/mol. The number of aryl methyl sites for hydroxylation is 2. The third-order valence-corrected chi connectivity index (χ3v) is 5.46. The van der Waals surface area contributed by atoms with E-state index in [1.165, 1.54) is 29.0 Å². The summed E-state index contributed by atoms with van der Waals surface area (Å²) in [6.07, 6.45) is 3.02. The summed E-state index contributed by atoms with van der Waals surface area (Å²) in [7, 11) is 0. The van der Waals surface area contributed by atoms with Crippen LogP contribution in [0.4, 0.5) is 11.4 Å². The van der Waals surface area contributed by atoms with Crippen molar-refractivity contribution in [2.24, 2.45) is 0 Å². The molecule has 1 aliphatic rings. The molecule has 3 N–H and O–H groups in total. The Morgan fingerprint density at radius 2 is 2.04 bits per heavy atom. The zero-order chi connectivity index (χ0) is 17.6. The highest BCUT2D eigenvalue weighted by atomic mass is 32.1. The fraction of sp³-hybridized carbons (Fsp3) is 0.167. The molecule has 0 aliphatic heterocycles. The number of aromatic nitrogens is 1. The highest BCUT2D eigenvalue weighted by Crippen LogP contribution is 2.36. The zero-order valence-corrected chi connectivity index (χ0v) is 14.0. The molecule has 4 rings (SSSR count). The standard InChI is InChI=1S/C18H15N3O3S/c19-14-11-8-9-4-3-7-12(9)21-17(11)25-15(14)16(22)20-13-6-2-1-5-10(13)18(23)24/h1-2,5-6,8H,3-4,7,19H2,(H,20,22)(H,23,24)/p-1. The molecule has 0 fully saturated rings. The van der Waals surface area contributed by atoms with E-state index in [0.717, 1.165) is 35.2 Å². The number of nitrogen functional groups attached to an aromatic ring is 1. The number of fused-ring (bicyclic) bond motifs is 2. The van der Waals surface area contributed by atoms with Crippen molar-refractivity contribution in [2.75, 3.05) is 11.1 Å². The average molecular weight is 352 g/mol. The summed E-state index contributed by atoms with van der Waals surface area (Å²) >= 11 is 1.22. The van der Waals surface area contributed by atoms with Crippen LogP contribution in [0.5, 0.6) is 0 Å². The number of para-hydroxylation sites is 1. The van der Waals surface area contributed by atoms with Gasteiger partial charge in [-0.1, -0.05) is 18.2 Å². The van der Waals surface area contributed by atoms with Gasteiger partial charge in [0.2, 0.25) is 0 Å². The number of hydrogen-bond acceptors (Lipinski definition) is 6. The van der Waals surface area contributed by atoms with Gasteiger partial charge in [-0.05, 0) is 37.0 Å². The van der Waals surface area contributed by atoms with Gasteiger partial charge < -0.3 is 21.0 Å². The predicted molar refractivity (Wildman–Crippen MR) is 94.8 cm³/mol. The maximum Gasteiger partial charge on any atom is 0.267 e. The van der Waals surface area contributed by atoms with Gasteiger partial charge in [0.05, 0.1) is 17.3 Å². The number of rotatable bonds is 3. The van der Waals surface area contributed by atoms with E-state index in [0.29, 0.717) is 10.6 Å². The van der Waals surface area contributed by atoms with Crippen LogP contribution in [0.25, 0.3) is 10.2 Å². The molecule has 3 aromatic rings. The smallest absolute Gasteiger partial charge is 0.267 e. The molecule has 126 valence electrons. The third-order valence-electron chi connectivity index (χ3n) is 4.35. The van der Waals surface area contributed by atoms with Gasteiger partial charge in [-0.25, -0.2) is 4.98 Å². The number of thiophene rings is 1. The summed E-state index contributed by atoms with van der Waals surface area (Å²) in [5.74, 6) is -1.80. The summed E-state index contributed by atoms with van der Waals surface area (Å²) in [4.78, 5) is 29.5. The van der Waals surface area contributed by atoms with E-state index in [1.807, 2.05) is 6.07 Å². The fourth-order valence-corrected chi connectivity index (χ4v) is 4.11. The van der Waals surface area contributed by atoms with E-state index in [9.17, 15) is 14.7 Å². The Morgan fingerprint density at radius 3 is 2.84 bits per heavy atom. The molecular formula is C18H14N3O3S-. The van der Waals surface area contributed by atoms with E-state index in [-0.39, 0.29) is 11.3 Å². The summed E-state index contributed by atoms with van der Waals surface area (Å²) in [5.41, 5.74) is 8.91. The van der Waals surface area contributed by atoms with E-state index in [1.54, 1.807) is 12.1 Å². The van der Waals surface area contributed by atoms with Gasteiger partial charge in [-0.3, -0.25) is 4.79 Å². The first-order valence-corrected chi connectivity index (χ1v) is 8.68. The second kappa shape index (κ2) is 5.86. The van der Waals surface area contributed by atoms with Crippen molar-refractivity contribution in [1.29, 1.82) is 0 Å². The van der Waals surface area contributed by atoms with Crippen LogP contribution in [0.1, 0.15) is 37.7 Å². The van der Waals surface area contributed by atoms with Crippen molar-refractivity contribution >= 4 is 44.8 Å². The maximum atomic E-state index is 12.6. The number of benzene rings is 1. The van der Waals surface area contributed by atoms with Crippen LogP contribution in [0.3, 0.4) is 0 Å². The molecule has 0 atom stereocenters. The second-order valence-electron chi connectivity index (χ2n) is 5.93. The average Bonchev–Trinajstić information content (AvgIpc) is 3.17. The highest BCUT2D eigenvalue weighted by molar-refractivity contribution is 7.21. The summed E-state index contributed by atoms with van der Waals surface area (Å²) in [6, 6.07) is 8.12. The van der Waals surface area contributed by atoms with Gasteiger partial charge in [0.15, 0.2) is 0 Å². The molecule has 6 nitrogen and oxygen atoms in total. The van der Waals surface area contributed by atoms with Crippen molar-refractivity contribution < 1.29 is 14.7 Å². The van der Waals surface area contributed by atoms with Gasteiger partial charge in [0, 0.05) is 16.6 Å². The normalized spacial score (nSPS) is 13.0. The Hall–Kier alpha value is -2.93. The molecule has 2 aromatic heterocycles. The summed E-state index contributed by atoms with van der Waals surface area (Å²) in [5, 5.41) is 14.6. The quantitative estimate of drug-likeness (QED) is 0.749. The van der Waals surface area contributed by atoms with Crippen molar-refractivity contribution in [3.8, 4) is 0 Å². The van der Waals surface area contributed by atoms with Crippen LogP contribution >= 0.6 is 11.3 Å². The van der Waals surface area contributed by atoms with Crippen molar-refractivity contribution in [3.63, 3.8) is 0 Å².